The summed E-state index contributed by atoms with van der Waals surface area (Å²) in [5.74, 6) is 0.220. The minimum atomic E-state index is -4.78. The molecule has 2 aromatic carbocycles. The van der Waals surface area contributed by atoms with Gasteiger partial charge in [-0.05, 0) is 53.9 Å². The number of unbranched alkanes of at least 4 members (excludes halogenated alkanes) is 9. The number of hydrogen-bond acceptors (Lipinski definition) is 3. The maximum atomic E-state index is 12.3. The molecule has 188 valence electrons. The third kappa shape index (κ3) is 12.3. The lowest BCUT2D eigenvalue weighted by Gasteiger charge is -2.12. The Balaban J connectivity index is 1.62. The van der Waals surface area contributed by atoms with E-state index < -0.39 is 12.1 Å². The highest BCUT2D eigenvalue weighted by Crippen LogP contribution is 2.31. The first-order valence-electron chi connectivity index (χ1n) is 12.1. The molecule has 0 unspecified atom stereocenters. The molecule has 2 aromatic rings. The van der Waals surface area contributed by atoms with Gasteiger partial charge in [-0.15, -0.1) is 13.2 Å². The predicted octanol–water partition coefficient (Wildman–Crippen LogP) is 9.16. The van der Waals surface area contributed by atoms with Crippen LogP contribution in [-0.4, -0.2) is 19.1 Å². The van der Waals surface area contributed by atoms with Crippen molar-refractivity contribution in [3.8, 4) is 11.5 Å². The van der Waals surface area contributed by atoms with E-state index in [-0.39, 0.29) is 11.6 Å². The van der Waals surface area contributed by atoms with Gasteiger partial charge in [0.1, 0.15) is 18.1 Å². The van der Waals surface area contributed by atoms with Crippen LogP contribution in [0.1, 0.15) is 82.3 Å². The van der Waals surface area contributed by atoms with Crippen LogP contribution in [0.3, 0.4) is 0 Å². The molecule has 2 rings (SSSR count). The highest BCUT2D eigenvalue weighted by molar-refractivity contribution is 6.32. The zero-order valence-electron chi connectivity index (χ0n) is 19.9. The predicted molar refractivity (Wildman–Crippen MR) is 133 cm³/mol. The summed E-state index contributed by atoms with van der Waals surface area (Å²) in [6, 6.07) is 11.6. The number of halogens is 4. The van der Waals surface area contributed by atoms with Gasteiger partial charge in [0.2, 0.25) is 0 Å². The van der Waals surface area contributed by atoms with Gasteiger partial charge in [-0.2, -0.15) is 0 Å². The Morgan fingerprint density at radius 2 is 1.47 bits per heavy atom. The molecule has 0 atom stereocenters. The van der Waals surface area contributed by atoms with E-state index in [9.17, 15) is 13.2 Å². The molecular weight excluding hydrogens is 463 g/mol. The lowest BCUT2D eigenvalue weighted by Crippen LogP contribution is -2.17. The first-order chi connectivity index (χ1) is 16.4. The summed E-state index contributed by atoms with van der Waals surface area (Å²) in [5.41, 5.74) is 1.64. The number of nitrogens with zero attached hydrogens (tertiary/aromatic N) is 1. The topological polar surface area (TPSA) is 30.8 Å². The summed E-state index contributed by atoms with van der Waals surface area (Å²) < 4.78 is 46.5. The van der Waals surface area contributed by atoms with Gasteiger partial charge in [0, 0.05) is 12.8 Å². The first-order valence-corrected chi connectivity index (χ1v) is 12.5. The molecule has 0 aliphatic rings. The monoisotopic (exact) mass is 497 g/mol. The molecular formula is C27H35ClF3NO2. The summed E-state index contributed by atoms with van der Waals surface area (Å²) in [6.45, 7) is 3.26. The van der Waals surface area contributed by atoms with Gasteiger partial charge in [0.15, 0.2) is 0 Å². The van der Waals surface area contributed by atoms with Crippen molar-refractivity contribution in [3.05, 3.63) is 58.6 Å². The second-order valence-electron chi connectivity index (χ2n) is 8.39. The molecule has 0 fully saturated rings. The van der Waals surface area contributed by atoms with Gasteiger partial charge in [0.25, 0.3) is 0 Å². The van der Waals surface area contributed by atoms with Crippen LogP contribution in [0, 0.1) is 0 Å². The molecule has 0 saturated heterocycles. The van der Waals surface area contributed by atoms with Gasteiger partial charge in [0.05, 0.1) is 5.02 Å². The third-order valence-electron chi connectivity index (χ3n) is 5.39. The van der Waals surface area contributed by atoms with Gasteiger partial charge < -0.3 is 9.47 Å². The van der Waals surface area contributed by atoms with Gasteiger partial charge in [-0.3, -0.25) is 4.99 Å². The fourth-order valence-electron chi connectivity index (χ4n) is 3.52. The lowest BCUT2D eigenvalue weighted by atomic mass is 10.1. The van der Waals surface area contributed by atoms with Gasteiger partial charge in [-0.1, -0.05) is 82.4 Å². The van der Waals surface area contributed by atoms with E-state index in [0.29, 0.717) is 11.3 Å². The molecule has 0 aliphatic carbocycles. The molecule has 7 heteroatoms. The fourth-order valence-corrected chi connectivity index (χ4v) is 3.76. The van der Waals surface area contributed by atoms with Crippen LogP contribution in [0.2, 0.25) is 5.02 Å². The molecule has 0 N–H and O–H groups in total. The maximum absolute atomic E-state index is 12.3. The minimum Gasteiger partial charge on any atom is -0.489 e. The van der Waals surface area contributed by atoms with E-state index in [1.165, 1.54) is 76.0 Å². The molecule has 0 spiro atoms. The van der Waals surface area contributed by atoms with Gasteiger partial charge in [-0.25, -0.2) is 0 Å². The second kappa shape index (κ2) is 15.6. The summed E-state index contributed by atoms with van der Waals surface area (Å²) in [7, 11) is 0. The smallest absolute Gasteiger partial charge is 0.489 e. The lowest BCUT2D eigenvalue weighted by molar-refractivity contribution is -0.274. The Hall–Kier alpha value is -2.21. The average molecular weight is 498 g/mol. The second-order valence-corrected chi connectivity index (χ2v) is 8.79. The Morgan fingerprint density at radius 1 is 0.853 bits per heavy atom. The Bertz CT molecular complexity index is 854. The Kier molecular flexibility index (Phi) is 12.9. The molecule has 0 heterocycles. The normalized spacial score (nSPS) is 11.8. The molecule has 0 saturated carbocycles. The number of rotatable bonds is 16. The Morgan fingerprint density at radius 3 is 2.06 bits per heavy atom. The molecule has 34 heavy (non-hydrogen) atoms. The van der Waals surface area contributed by atoms with Crippen molar-refractivity contribution in [1.82, 2.24) is 0 Å². The molecule has 0 aliphatic heterocycles. The summed E-state index contributed by atoms with van der Waals surface area (Å²) in [6.07, 6.45) is 10.2. The van der Waals surface area contributed by atoms with Crippen molar-refractivity contribution >= 4 is 17.8 Å². The van der Waals surface area contributed by atoms with Gasteiger partial charge >= 0.3 is 6.36 Å². The van der Waals surface area contributed by atoms with E-state index in [1.807, 2.05) is 30.5 Å². The van der Waals surface area contributed by atoms with Crippen molar-refractivity contribution < 1.29 is 22.6 Å². The molecule has 0 bridgehead atoms. The minimum absolute atomic E-state index is 0.118. The van der Waals surface area contributed by atoms with Crippen LogP contribution in [0.5, 0.6) is 11.5 Å². The zero-order valence-corrected chi connectivity index (χ0v) is 20.6. The van der Waals surface area contributed by atoms with Crippen LogP contribution >= 0.6 is 11.6 Å². The van der Waals surface area contributed by atoms with Crippen molar-refractivity contribution in [3.63, 3.8) is 0 Å². The number of alkyl halides is 3. The number of hydrogen-bond donors (Lipinski definition) is 0. The fraction of sp³-hybridized carbons (Fsp3) is 0.519. The number of aliphatic imine (C=N–C) groups is 1. The van der Waals surface area contributed by atoms with Crippen LogP contribution in [0.15, 0.2) is 47.5 Å². The van der Waals surface area contributed by atoms with E-state index in [1.54, 1.807) is 0 Å². The van der Waals surface area contributed by atoms with Crippen molar-refractivity contribution in [2.75, 3.05) is 6.54 Å². The Labute approximate surface area is 206 Å². The van der Waals surface area contributed by atoms with E-state index >= 15 is 0 Å². The van der Waals surface area contributed by atoms with Crippen molar-refractivity contribution in [2.24, 2.45) is 4.99 Å². The molecule has 3 nitrogen and oxygen atoms in total. The summed E-state index contributed by atoms with van der Waals surface area (Å²) in [5, 5.41) is -0.118. The number of benzene rings is 2. The highest BCUT2D eigenvalue weighted by atomic mass is 35.5. The van der Waals surface area contributed by atoms with E-state index in [2.05, 4.69) is 16.7 Å². The first kappa shape index (κ1) is 28.0. The third-order valence-corrected chi connectivity index (χ3v) is 5.68. The maximum Gasteiger partial charge on any atom is 0.573 e. The molecule has 0 aromatic heterocycles. The average Bonchev–Trinajstić information content (AvgIpc) is 2.80. The summed E-state index contributed by atoms with van der Waals surface area (Å²) >= 11 is 5.87. The summed E-state index contributed by atoms with van der Waals surface area (Å²) in [4.78, 5) is 4.50. The van der Waals surface area contributed by atoms with Crippen LogP contribution in [-0.2, 0) is 6.61 Å². The highest BCUT2D eigenvalue weighted by Gasteiger charge is 2.32. The largest absolute Gasteiger partial charge is 0.573 e. The molecule has 0 amide bonds. The van der Waals surface area contributed by atoms with E-state index in [0.717, 1.165) is 18.5 Å². The quantitative estimate of drug-likeness (QED) is 0.171. The van der Waals surface area contributed by atoms with E-state index in [4.69, 9.17) is 16.3 Å². The standard InChI is InChI=1S/C27H35ClF3NO2/c1-2-3-4-5-6-7-8-9-10-11-18-32-20-22-12-15-24(16-13-22)33-21-23-14-17-26(25(28)19-23)34-27(29,30)31/h12-17,19-20H,2-11,18,21H2,1H3. The van der Waals surface area contributed by atoms with Crippen molar-refractivity contribution in [2.45, 2.75) is 84.1 Å². The number of ether oxygens (including phenoxy) is 2. The zero-order chi connectivity index (χ0) is 24.7. The van der Waals surface area contributed by atoms with Crippen molar-refractivity contribution in [1.29, 1.82) is 0 Å². The SMILES string of the molecule is CCCCCCCCCCCCN=Cc1ccc(OCc2ccc(OC(F)(F)F)c(Cl)c2)cc1. The van der Waals surface area contributed by atoms with Crippen LogP contribution in [0.25, 0.3) is 0 Å². The van der Waals surface area contributed by atoms with Crippen LogP contribution in [0.4, 0.5) is 13.2 Å². The van der Waals surface area contributed by atoms with Crippen LogP contribution < -0.4 is 9.47 Å². The molecule has 0 radical (unpaired) electrons.